The van der Waals surface area contributed by atoms with E-state index in [0.717, 1.165) is 19.3 Å². The van der Waals surface area contributed by atoms with Gasteiger partial charge in [0.1, 0.15) is 5.54 Å². The van der Waals surface area contributed by atoms with Crippen molar-refractivity contribution in [1.29, 1.82) is 0 Å². The van der Waals surface area contributed by atoms with Gasteiger partial charge in [-0.15, -0.1) is 11.3 Å². The number of aliphatic carboxylic acids is 1. The van der Waals surface area contributed by atoms with Gasteiger partial charge in [0.2, 0.25) is 12.7 Å². The fourth-order valence-corrected chi connectivity index (χ4v) is 7.65. The molecule has 1 saturated heterocycles. The monoisotopic (exact) mass is 579 g/mol. The fourth-order valence-electron chi connectivity index (χ4n) is 6.81. The van der Waals surface area contributed by atoms with E-state index in [-0.39, 0.29) is 24.4 Å². The van der Waals surface area contributed by atoms with Crippen LogP contribution < -0.4 is 9.47 Å². The lowest BCUT2D eigenvalue weighted by Gasteiger charge is -2.40. The van der Waals surface area contributed by atoms with Crippen LogP contribution in [-0.2, 0) is 9.59 Å². The summed E-state index contributed by atoms with van der Waals surface area (Å²) in [5.74, 6) is -2.47. The van der Waals surface area contributed by atoms with Gasteiger partial charge in [0.15, 0.2) is 17.3 Å². The summed E-state index contributed by atoms with van der Waals surface area (Å²) in [7, 11) is 0. The first-order chi connectivity index (χ1) is 19.3. The molecule has 1 aromatic heterocycles. The van der Waals surface area contributed by atoms with Gasteiger partial charge >= 0.3 is 5.97 Å². The average molecular weight is 580 g/mol. The number of carbonyl (C=O) groups is 3. The molecule has 1 saturated carbocycles. The van der Waals surface area contributed by atoms with Crippen LogP contribution in [-0.4, -0.2) is 40.0 Å². The molecule has 7 nitrogen and oxygen atoms in total. The molecule has 40 heavy (non-hydrogen) atoms. The molecule has 4 atom stereocenters. The second kappa shape index (κ2) is 10.6. The third kappa shape index (κ3) is 4.38. The van der Waals surface area contributed by atoms with E-state index in [1.54, 1.807) is 55.5 Å². The van der Waals surface area contributed by atoms with Crippen molar-refractivity contribution < 1.29 is 29.0 Å². The summed E-state index contributed by atoms with van der Waals surface area (Å²) in [4.78, 5) is 44.4. The molecular weight excluding hydrogens is 550 g/mol. The largest absolute Gasteiger partial charge is 0.479 e. The number of benzene rings is 2. The number of halogens is 1. The SMILES string of the molecule is CC1(C(=O)O)C(c2ccc(Cl)cc2)C(C(=O)c2cccs2)C(c2ccc3c(c2)OCO3)N1C(=O)C1CCCCC1. The second-order valence-corrected chi connectivity index (χ2v) is 12.3. The smallest absolute Gasteiger partial charge is 0.330 e. The Morgan fingerprint density at radius 3 is 2.35 bits per heavy atom. The third-order valence-corrected chi connectivity index (χ3v) is 9.88. The molecule has 1 amide bonds. The van der Waals surface area contributed by atoms with Crippen LogP contribution in [0.25, 0.3) is 0 Å². The van der Waals surface area contributed by atoms with E-state index in [4.69, 9.17) is 21.1 Å². The number of hydrogen-bond acceptors (Lipinski definition) is 6. The minimum Gasteiger partial charge on any atom is -0.479 e. The van der Waals surface area contributed by atoms with Gasteiger partial charge in [-0.2, -0.15) is 0 Å². The maximum atomic E-state index is 14.5. The van der Waals surface area contributed by atoms with Crippen molar-refractivity contribution in [2.24, 2.45) is 11.8 Å². The Morgan fingerprint density at radius 2 is 1.68 bits per heavy atom. The molecule has 4 unspecified atom stereocenters. The van der Waals surface area contributed by atoms with Crippen molar-refractivity contribution in [2.45, 2.75) is 56.5 Å². The Labute approximate surface area is 241 Å². The summed E-state index contributed by atoms with van der Waals surface area (Å²) in [5, 5.41) is 13.3. The zero-order valence-electron chi connectivity index (χ0n) is 22.0. The van der Waals surface area contributed by atoms with Crippen LogP contribution >= 0.6 is 22.9 Å². The Hall–Kier alpha value is -3.36. The molecule has 0 spiro atoms. The predicted molar refractivity (Wildman–Crippen MR) is 151 cm³/mol. The summed E-state index contributed by atoms with van der Waals surface area (Å²) < 4.78 is 11.2. The van der Waals surface area contributed by atoms with Crippen molar-refractivity contribution in [3.8, 4) is 11.5 Å². The minimum atomic E-state index is -1.71. The van der Waals surface area contributed by atoms with Crippen LogP contribution in [0.3, 0.4) is 0 Å². The van der Waals surface area contributed by atoms with E-state index >= 15 is 0 Å². The normalized spacial score (nSPS) is 26.1. The molecule has 3 heterocycles. The first kappa shape index (κ1) is 26.8. The van der Waals surface area contributed by atoms with Crippen molar-refractivity contribution in [3.05, 3.63) is 81.0 Å². The van der Waals surface area contributed by atoms with Gasteiger partial charge in [0.25, 0.3) is 0 Å². The molecule has 1 N–H and O–H groups in total. The summed E-state index contributed by atoms with van der Waals surface area (Å²) in [6, 6.07) is 15.0. The highest BCUT2D eigenvalue weighted by Crippen LogP contribution is 2.58. The molecular formula is C31H30ClNO6S. The minimum absolute atomic E-state index is 0.0754. The van der Waals surface area contributed by atoms with Crippen LogP contribution in [0, 0.1) is 11.8 Å². The van der Waals surface area contributed by atoms with E-state index in [1.807, 2.05) is 11.4 Å². The number of ether oxygens (including phenoxy) is 2. The number of ketones is 1. The van der Waals surface area contributed by atoms with Crippen molar-refractivity contribution >= 4 is 40.6 Å². The summed E-state index contributed by atoms with van der Waals surface area (Å²) in [6.45, 7) is 1.67. The highest BCUT2D eigenvalue weighted by molar-refractivity contribution is 7.12. The second-order valence-electron chi connectivity index (χ2n) is 10.9. The number of rotatable bonds is 6. The Balaban J connectivity index is 1.60. The quantitative estimate of drug-likeness (QED) is 0.326. The Bertz CT molecular complexity index is 1430. The summed E-state index contributed by atoms with van der Waals surface area (Å²) >= 11 is 7.53. The highest BCUT2D eigenvalue weighted by Gasteiger charge is 2.65. The molecule has 2 fully saturated rings. The molecule has 2 aliphatic heterocycles. The Kier molecular flexibility index (Phi) is 7.09. The fraction of sp³-hybridized carbons (Fsp3) is 0.387. The van der Waals surface area contributed by atoms with Gasteiger partial charge in [-0.05, 0) is 66.6 Å². The van der Waals surface area contributed by atoms with Crippen LogP contribution in [0.4, 0.5) is 0 Å². The topological polar surface area (TPSA) is 93.1 Å². The van der Waals surface area contributed by atoms with Crippen LogP contribution in [0.2, 0.25) is 5.02 Å². The molecule has 1 aliphatic carbocycles. The van der Waals surface area contributed by atoms with Gasteiger partial charge in [0.05, 0.1) is 16.8 Å². The molecule has 6 rings (SSSR count). The Morgan fingerprint density at radius 1 is 0.975 bits per heavy atom. The van der Waals surface area contributed by atoms with Gasteiger partial charge in [0, 0.05) is 16.9 Å². The van der Waals surface area contributed by atoms with E-state index in [1.165, 1.54) is 16.2 Å². The molecule has 2 aromatic carbocycles. The third-order valence-electron chi connectivity index (χ3n) is 8.74. The van der Waals surface area contributed by atoms with E-state index in [2.05, 4.69) is 0 Å². The summed E-state index contributed by atoms with van der Waals surface area (Å²) in [6.07, 6.45) is 4.29. The summed E-state index contributed by atoms with van der Waals surface area (Å²) in [5.41, 5.74) is -0.415. The van der Waals surface area contributed by atoms with Gasteiger partial charge < -0.3 is 19.5 Å². The zero-order valence-corrected chi connectivity index (χ0v) is 23.6. The number of likely N-dealkylation sites (tertiary alicyclic amines) is 1. The average Bonchev–Trinajstić information content (AvgIpc) is 3.72. The number of thiophene rings is 1. The first-order valence-corrected chi connectivity index (χ1v) is 14.9. The maximum absolute atomic E-state index is 14.5. The number of amides is 1. The number of nitrogens with zero attached hydrogens (tertiary/aromatic N) is 1. The number of carboxylic acids is 1. The van der Waals surface area contributed by atoms with Gasteiger partial charge in [-0.25, -0.2) is 4.79 Å². The first-order valence-electron chi connectivity index (χ1n) is 13.6. The van der Waals surface area contributed by atoms with E-state index in [9.17, 15) is 19.5 Å². The molecule has 9 heteroatoms. The number of fused-ring (bicyclic) bond motifs is 1. The standard InChI is InChI=1S/C31H30ClNO6S/c1-31(30(36)37)26(18-9-12-21(32)13-10-18)25(28(34)24-8-5-15-40-24)27(20-11-14-22-23(16-20)39-17-38-22)33(31)29(35)19-6-3-2-4-7-19/h5,8-16,19,25-27H,2-4,6-7,17H2,1H3,(H,36,37). The van der Waals surface area contributed by atoms with Gasteiger partial charge in [-0.3, -0.25) is 9.59 Å². The van der Waals surface area contributed by atoms with Crippen LogP contribution in [0.5, 0.6) is 11.5 Å². The molecule has 3 aliphatic rings. The molecule has 0 bridgehead atoms. The molecule has 3 aromatic rings. The zero-order chi connectivity index (χ0) is 28.0. The predicted octanol–water partition coefficient (Wildman–Crippen LogP) is 6.72. The van der Waals surface area contributed by atoms with Crippen molar-refractivity contribution in [3.63, 3.8) is 0 Å². The highest BCUT2D eigenvalue weighted by atomic mass is 35.5. The van der Waals surface area contributed by atoms with Crippen LogP contribution in [0.1, 0.15) is 71.8 Å². The number of carboxylic acid groups (broad SMARTS) is 1. The number of Topliss-reactive ketones (excluding diaryl/α,β-unsaturated/α-hetero) is 1. The number of hydrogen-bond donors (Lipinski definition) is 1. The lowest BCUT2D eigenvalue weighted by Crippen LogP contribution is -2.55. The molecule has 208 valence electrons. The van der Waals surface area contributed by atoms with E-state index in [0.29, 0.717) is 45.4 Å². The van der Waals surface area contributed by atoms with E-state index < -0.39 is 29.4 Å². The van der Waals surface area contributed by atoms with Crippen molar-refractivity contribution in [2.75, 3.05) is 6.79 Å². The maximum Gasteiger partial charge on any atom is 0.330 e. The van der Waals surface area contributed by atoms with Gasteiger partial charge in [-0.1, -0.05) is 55.1 Å². The number of carbonyl (C=O) groups excluding carboxylic acids is 2. The lowest BCUT2D eigenvalue weighted by molar-refractivity contribution is -0.160. The lowest BCUT2D eigenvalue weighted by atomic mass is 9.72. The van der Waals surface area contributed by atoms with Crippen LogP contribution in [0.15, 0.2) is 60.0 Å². The molecule has 0 radical (unpaired) electrons. The van der Waals surface area contributed by atoms with Crippen molar-refractivity contribution in [1.82, 2.24) is 4.90 Å².